The van der Waals surface area contributed by atoms with Crippen molar-refractivity contribution in [3.8, 4) is 0 Å². The van der Waals surface area contributed by atoms with Crippen LogP contribution in [0, 0.1) is 0 Å². The van der Waals surface area contributed by atoms with Crippen LogP contribution in [0.15, 0.2) is 48.8 Å². The van der Waals surface area contributed by atoms with E-state index < -0.39 is 0 Å². The maximum atomic E-state index is 4.33. The predicted molar refractivity (Wildman–Crippen MR) is 100 cm³/mol. The Labute approximate surface area is 144 Å². The number of nitrogens with zero attached hydrogens (tertiary/aromatic N) is 5. The van der Waals surface area contributed by atoms with Gasteiger partial charge >= 0.3 is 0 Å². The first-order chi connectivity index (χ1) is 11.7. The molecule has 0 atom stereocenters. The molecular weight excluding hydrogens is 298 g/mol. The quantitative estimate of drug-likeness (QED) is 0.844. The van der Waals surface area contributed by atoms with Crippen molar-refractivity contribution in [2.24, 2.45) is 0 Å². The maximum Gasteiger partial charge on any atom is 0.225 e. The lowest BCUT2D eigenvalue weighted by Crippen LogP contribution is -2.46. The van der Waals surface area contributed by atoms with E-state index in [1.54, 1.807) is 12.4 Å². The third kappa shape index (κ3) is 4.32. The first-order valence-corrected chi connectivity index (χ1v) is 8.40. The molecule has 0 unspecified atom stereocenters. The highest BCUT2D eigenvalue weighted by Gasteiger charge is 2.17. The molecule has 0 saturated carbocycles. The molecule has 0 radical (unpaired) electrons. The summed E-state index contributed by atoms with van der Waals surface area (Å²) in [5, 5.41) is 0. The summed E-state index contributed by atoms with van der Waals surface area (Å²) in [7, 11) is 4.12. The zero-order chi connectivity index (χ0) is 16.8. The highest BCUT2D eigenvalue weighted by Crippen LogP contribution is 2.13. The Bertz CT molecular complexity index is 643. The van der Waals surface area contributed by atoms with Gasteiger partial charge < -0.3 is 9.80 Å². The maximum absolute atomic E-state index is 4.33. The molecule has 0 amide bonds. The van der Waals surface area contributed by atoms with Crippen LogP contribution >= 0.6 is 0 Å². The number of hydrogen-bond donors (Lipinski definition) is 0. The Kier molecular flexibility index (Phi) is 5.43. The lowest BCUT2D eigenvalue weighted by molar-refractivity contribution is 0.283. The predicted octanol–water partition coefficient (Wildman–Crippen LogP) is 2.38. The van der Waals surface area contributed by atoms with Crippen molar-refractivity contribution in [2.45, 2.75) is 0 Å². The van der Waals surface area contributed by atoms with E-state index in [1.165, 1.54) is 11.3 Å². The summed E-state index contributed by atoms with van der Waals surface area (Å²) in [5.74, 6) is 0.841. The third-order valence-corrected chi connectivity index (χ3v) is 4.29. The molecule has 5 heteroatoms. The molecule has 1 aromatic carbocycles. The summed E-state index contributed by atoms with van der Waals surface area (Å²) in [6.07, 6.45) is 8.06. The minimum Gasteiger partial charge on any atom is -0.378 e. The Hall–Kier alpha value is -2.40. The van der Waals surface area contributed by atoms with Crippen LogP contribution in [0.25, 0.3) is 6.08 Å². The highest BCUT2D eigenvalue weighted by atomic mass is 15.3. The van der Waals surface area contributed by atoms with Gasteiger partial charge in [-0.2, -0.15) is 0 Å². The van der Waals surface area contributed by atoms with E-state index in [0.717, 1.165) is 38.7 Å². The molecule has 24 heavy (non-hydrogen) atoms. The summed E-state index contributed by atoms with van der Waals surface area (Å²) < 4.78 is 0. The standard InChI is InChI=1S/C19H25N5/c1-22(2)18-8-6-17(7-9-18)5-3-12-23-13-15-24(16-14-23)19-20-10-4-11-21-19/h3-11H,12-16H2,1-2H3/b5-3+. The van der Waals surface area contributed by atoms with Crippen LogP contribution in [0.2, 0.25) is 0 Å². The molecule has 1 saturated heterocycles. The average molecular weight is 323 g/mol. The second-order valence-electron chi connectivity index (χ2n) is 6.22. The largest absolute Gasteiger partial charge is 0.378 e. The van der Waals surface area contributed by atoms with Gasteiger partial charge in [0.2, 0.25) is 5.95 Å². The number of rotatable bonds is 5. The minimum atomic E-state index is 0.841. The number of benzene rings is 1. The summed E-state index contributed by atoms with van der Waals surface area (Å²) in [4.78, 5) is 15.5. The summed E-state index contributed by atoms with van der Waals surface area (Å²) >= 11 is 0. The topological polar surface area (TPSA) is 35.5 Å². The summed E-state index contributed by atoms with van der Waals surface area (Å²) in [5.41, 5.74) is 2.48. The van der Waals surface area contributed by atoms with Gasteiger partial charge in [-0.05, 0) is 23.8 Å². The Balaban J connectivity index is 1.46. The van der Waals surface area contributed by atoms with Crippen LogP contribution in [0.4, 0.5) is 11.6 Å². The molecule has 1 aliphatic rings. The monoisotopic (exact) mass is 323 g/mol. The molecule has 1 aromatic heterocycles. The van der Waals surface area contributed by atoms with Crippen LogP contribution in [0.3, 0.4) is 0 Å². The van der Waals surface area contributed by atoms with Crippen molar-refractivity contribution >= 4 is 17.7 Å². The van der Waals surface area contributed by atoms with Gasteiger partial charge in [-0.3, -0.25) is 4.90 Å². The molecule has 1 aliphatic heterocycles. The molecule has 3 rings (SSSR count). The van der Waals surface area contributed by atoms with E-state index in [9.17, 15) is 0 Å². The lowest BCUT2D eigenvalue weighted by atomic mass is 10.2. The summed E-state index contributed by atoms with van der Waals surface area (Å²) in [6, 6.07) is 10.5. The fraction of sp³-hybridized carbons (Fsp3) is 0.368. The van der Waals surface area contributed by atoms with E-state index in [0.29, 0.717) is 0 Å². The van der Waals surface area contributed by atoms with Crippen LogP contribution in [-0.4, -0.2) is 61.7 Å². The zero-order valence-electron chi connectivity index (χ0n) is 14.5. The molecule has 1 fully saturated rings. The van der Waals surface area contributed by atoms with Crippen LogP contribution in [-0.2, 0) is 0 Å². The van der Waals surface area contributed by atoms with Crippen LogP contribution in [0.5, 0.6) is 0 Å². The molecular formula is C19H25N5. The average Bonchev–Trinajstić information content (AvgIpc) is 2.63. The number of piperazine rings is 1. The minimum absolute atomic E-state index is 0.841. The van der Waals surface area contributed by atoms with Gasteiger partial charge in [-0.15, -0.1) is 0 Å². The Morgan fingerprint density at radius 3 is 2.29 bits per heavy atom. The van der Waals surface area contributed by atoms with Crippen molar-refractivity contribution in [1.29, 1.82) is 0 Å². The van der Waals surface area contributed by atoms with Crippen molar-refractivity contribution in [3.63, 3.8) is 0 Å². The lowest BCUT2D eigenvalue weighted by Gasteiger charge is -2.34. The van der Waals surface area contributed by atoms with E-state index >= 15 is 0 Å². The van der Waals surface area contributed by atoms with Gasteiger partial charge in [-0.25, -0.2) is 9.97 Å². The molecule has 2 heterocycles. The zero-order valence-corrected chi connectivity index (χ0v) is 14.5. The highest BCUT2D eigenvalue weighted by molar-refractivity contribution is 5.55. The van der Waals surface area contributed by atoms with Crippen LogP contribution < -0.4 is 9.80 Å². The van der Waals surface area contributed by atoms with Gasteiger partial charge in [-0.1, -0.05) is 24.3 Å². The second-order valence-corrected chi connectivity index (χ2v) is 6.22. The van der Waals surface area contributed by atoms with Crippen molar-refractivity contribution < 1.29 is 0 Å². The van der Waals surface area contributed by atoms with Crippen molar-refractivity contribution in [3.05, 3.63) is 54.4 Å². The number of aromatic nitrogens is 2. The number of hydrogen-bond acceptors (Lipinski definition) is 5. The normalized spacial score (nSPS) is 15.8. The van der Waals surface area contributed by atoms with Gasteiger partial charge in [0.15, 0.2) is 0 Å². The Morgan fingerprint density at radius 1 is 1.00 bits per heavy atom. The van der Waals surface area contributed by atoms with E-state index in [-0.39, 0.29) is 0 Å². The van der Waals surface area contributed by atoms with E-state index in [4.69, 9.17) is 0 Å². The molecule has 2 aromatic rings. The summed E-state index contributed by atoms with van der Waals surface area (Å²) in [6.45, 7) is 5.04. The SMILES string of the molecule is CN(C)c1ccc(/C=C/CN2CCN(c3ncccn3)CC2)cc1. The van der Waals surface area contributed by atoms with Gasteiger partial charge in [0.05, 0.1) is 0 Å². The molecule has 5 nitrogen and oxygen atoms in total. The van der Waals surface area contributed by atoms with Gasteiger partial charge in [0, 0.05) is 64.9 Å². The Morgan fingerprint density at radius 2 is 1.67 bits per heavy atom. The first-order valence-electron chi connectivity index (χ1n) is 8.40. The van der Waals surface area contributed by atoms with Gasteiger partial charge in [0.1, 0.15) is 0 Å². The van der Waals surface area contributed by atoms with E-state index in [2.05, 4.69) is 75.2 Å². The third-order valence-electron chi connectivity index (χ3n) is 4.29. The first kappa shape index (κ1) is 16.5. The molecule has 0 aliphatic carbocycles. The van der Waals surface area contributed by atoms with Crippen molar-refractivity contribution in [2.75, 3.05) is 56.6 Å². The number of anilines is 2. The van der Waals surface area contributed by atoms with Gasteiger partial charge in [0.25, 0.3) is 0 Å². The fourth-order valence-electron chi connectivity index (χ4n) is 2.81. The fourth-order valence-corrected chi connectivity index (χ4v) is 2.81. The molecule has 0 spiro atoms. The molecule has 0 N–H and O–H groups in total. The smallest absolute Gasteiger partial charge is 0.225 e. The van der Waals surface area contributed by atoms with Crippen LogP contribution in [0.1, 0.15) is 5.56 Å². The second kappa shape index (κ2) is 7.93. The molecule has 0 bridgehead atoms. The molecule has 126 valence electrons. The van der Waals surface area contributed by atoms with Crippen molar-refractivity contribution in [1.82, 2.24) is 14.9 Å². The van der Waals surface area contributed by atoms with E-state index in [1.807, 2.05) is 6.07 Å².